The van der Waals surface area contributed by atoms with Crippen molar-refractivity contribution < 1.29 is 26.2 Å². The van der Waals surface area contributed by atoms with Crippen molar-refractivity contribution in [3.63, 3.8) is 0 Å². The van der Waals surface area contributed by atoms with E-state index in [9.17, 15) is 13.0 Å². The molecule has 2 aromatic carbocycles. The third-order valence-corrected chi connectivity index (χ3v) is 7.45. The second kappa shape index (κ2) is 8.05. The topological polar surface area (TPSA) is 78.9 Å². The third-order valence-electron chi connectivity index (χ3n) is 3.32. The van der Waals surface area contributed by atoms with Gasteiger partial charge in [-0.15, -0.1) is 0 Å². The molecular formula is C16H19O6PS. The van der Waals surface area contributed by atoms with Crippen LogP contribution in [0.25, 0.3) is 0 Å². The highest BCUT2D eigenvalue weighted by molar-refractivity contribution is 7.93. The summed E-state index contributed by atoms with van der Waals surface area (Å²) in [5, 5.41) is 0. The predicted octanol–water partition coefficient (Wildman–Crippen LogP) is 3.57. The normalized spacial score (nSPS) is 12.5. The van der Waals surface area contributed by atoms with Crippen molar-refractivity contribution in [1.29, 1.82) is 0 Å². The molecule has 8 heteroatoms. The van der Waals surface area contributed by atoms with Gasteiger partial charge in [-0.3, -0.25) is 8.75 Å². The molecule has 0 saturated carbocycles. The van der Waals surface area contributed by atoms with Crippen LogP contribution in [-0.4, -0.2) is 28.1 Å². The Labute approximate surface area is 142 Å². The molecule has 0 N–H and O–H groups in total. The van der Waals surface area contributed by atoms with E-state index in [4.69, 9.17) is 4.18 Å². The molecule has 0 bridgehead atoms. The number of hydrogen-bond acceptors (Lipinski definition) is 6. The molecule has 0 aromatic heterocycles. The summed E-state index contributed by atoms with van der Waals surface area (Å²) in [6, 6.07) is 17.9. The zero-order valence-electron chi connectivity index (χ0n) is 13.4. The van der Waals surface area contributed by atoms with Crippen molar-refractivity contribution in [1.82, 2.24) is 0 Å². The van der Waals surface area contributed by atoms with E-state index in [2.05, 4.69) is 9.05 Å². The average Bonchev–Trinajstić information content (AvgIpc) is 2.61. The zero-order chi connectivity index (χ0) is 17.6. The lowest BCUT2D eigenvalue weighted by Crippen LogP contribution is -2.17. The van der Waals surface area contributed by atoms with E-state index >= 15 is 0 Å². The molecule has 0 fully saturated rings. The molecule has 0 aliphatic rings. The van der Waals surface area contributed by atoms with Crippen LogP contribution in [-0.2, 0) is 27.9 Å². The molecule has 0 amide bonds. The summed E-state index contributed by atoms with van der Waals surface area (Å²) in [7, 11) is -5.67. The summed E-state index contributed by atoms with van der Waals surface area (Å²) >= 11 is 0. The van der Waals surface area contributed by atoms with Crippen molar-refractivity contribution in [2.75, 3.05) is 19.7 Å². The Balaban J connectivity index is 2.34. The second-order valence-electron chi connectivity index (χ2n) is 4.96. The van der Waals surface area contributed by atoms with E-state index in [1.54, 1.807) is 48.5 Å². The van der Waals surface area contributed by atoms with Gasteiger partial charge < -0.3 is 9.05 Å². The molecule has 0 atom stereocenters. The highest BCUT2D eigenvalue weighted by Crippen LogP contribution is 2.48. The van der Waals surface area contributed by atoms with Gasteiger partial charge in [0.15, 0.2) is 5.49 Å². The highest BCUT2D eigenvalue weighted by atomic mass is 32.2. The number of benzene rings is 2. The fourth-order valence-electron chi connectivity index (χ4n) is 2.11. The predicted molar refractivity (Wildman–Crippen MR) is 91.2 cm³/mol. The van der Waals surface area contributed by atoms with Crippen molar-refractivity contribution in [2.45, 2.75) is 6.10 Å². The van der Waals surface area contributed by atoms with Crippen LogP contribution in [0.5, 0.6) is 0 Å². The minimum atomic E-state index is -4.17. The number of hydrogen-bond donors (Lipinski definition) is 0. The van der Waals surface area contributed by atoms with Crippen molar-refractivity contribution in [3.8, 4) is 0 Å². The van der Waals surface area contributed by atoms with Gasteiger partial charge in [-0.05, 0) is 11.1 Å². The van der Waals surface area contributed by atoms with E-state index in [-0.39, 0.29) is 0 Å². The van der Waals surface area contributed by atoms with E-state index in [0.29, 0.717) is 11.1 Å². The van der Waals surface area contributed by atoms with Gasteiger partial charge in [0.05, 0.1) is 0 Å². The van der Waals surface area contributed by atoms with Crippen LogP contribution in [0, 0.1) is 0 Å². The zero-order valence-corrected chi connectivity index (χ0v) is 15.1. The van der Waals surface area contributed by atoms with Crippen LogP contribution in [0.1, 0.15) is 17.2 Å². The Hall–Kier alpha value is -1.50. The summed E-state index contributed by atoms with van der Waals surface area (Å²) in [6.45, 7) is 0. The van der Waals surface area contributed by atoms with Gasteiger partial charge in [0.1, 0.15) is 6.10 Å². The van der Waals surface area contributed by atoms with E-state index < -0.39 is 29.3 Å². The smallest absolute Gasteiger partial charge is 0.311 e. The fourth-order valence-corrected chi connectivity index (χ4v) is 5.41. The Kier molecular flexibility index (Phi) is 6.32. The number of rotatable bonds is 8. The molecule has 24 heavy (non-hydrogen) atoms. The Morgan fingerprint density at radius 3 is 1.67 bits per heavy atom. The summed E-state index contributed by atoms with van der Waals surface area (Å²) in [5.74, 6) is 0. The molecule has 0 spiro atoms. The van der Waals surface area contributed by atoms with Crippen LogP contribution in [0.2, 0.25) is 0 Å². The van der Waals surface area contributed by atoms with Crippen LogP contribution >= 0.6 is 7.60 Å². The first-order chi connectivity index (χ1) is 11.4. The van der Waals surface area contributed by atoms with Crippen LogP contribution in [0.15, 0.2) is 60.7 Å². The maximum Gasteiger partial charge on any atom is 0.347 e. The third kappa shape index (κ3) is 5.00. The van der Waals surface area contributed by atoms with Crippen molar-refractivity contribution in [3.05, 3.63) is 71.8 Å². The van der Waals surface area contributed by atoms with Gasteiger partial charge in [-0.2, -0.15) is 8.42 Å². The minimum absolute atomic E-state index is 0.664. The average molecular weight is 370 g/mol. The molecule has 0 aliphatic heterocycles. The lowest BCUT2D eigenvalue weighted by molar-refractivity contribution is 0.249. The molecule has 0 aliphatic carbocycles. The SMILES string of the molecule is COP(=O)(CS(=O)(=O)OC(c1ccccc1)c1ccccc1)OC. The molecule has 0 heterocycles. The van der Waals surface area contributed by atoms with Crippen molar-refractivity contribution >= 4 is 17.7 Å². The Morgan fingerprint density at radius 1 is 0.875 bits per heavy atom. The largest absolute Gasteiger partial charge is 0.347 e. The molecule has 0 radical (unpaired) electrons. The molecule has 130 valence electrons. The highest BCUT2D eigenvalue weighted by Gasteiger charge is 2.33. The first-order valence-corrected chi connectivity index (χ1v) is 10.4. The fraction of sp³-hybridized carbons (Fsp3) is 0.250. The van der Waals surface area contributed by atoms with Gasteiger partial charge in [-0.25, -0.2) is 0 Å². The lowest BCUT2D eigenvalue weighted by atomic mass is 10.0. The van der Waals surface area contributed by atoms with Crippen LogP contribution < -0.4 is 0 Å². The Morgan fingerprint density at radius 2 is 1.29 bits per heavy atom. The Bertz CT molecular complexity index is 744. The standard InChI is InChI=1S/C16H19O6PS/c1-20-23(17,21-2)13-24(18,19)22-16(14-9-5-3-6-10-14)15-11-7-4-8-12-15/h3-12,16H,13H2,1-2H3. The summed E-state index contributed by atoms with van der Waals surface area (Å²) < 4.78 is 51.6. The molecule has 0 unspecified atom stereocenters. The first-order valence-electron chi connectivity index (χ1n) is 7.10. The van der Waals surface area contributed by atoms with Gasteiger partial charge in [0.2, 0.25) is 0 Å². The summed E-state index contributed by atoms with van der Waals surface area (Å²) in [6.07, 6.45) is -0.848. The van der Waals surface area contributed by atoms with E-state index in [0.717, 1.165) is 14.2 Å². The molecule has 2 rings (SSSR count). The van der Waals surface area contributed by atoms with Crippen LogP contribution in [0.4, 0.5) is 0 Å². The van der Waals surface area contributed by atoms with Gasteiger partial charge in [0, 0.05) is 14.2 Å². The molecule has 6 nitrogen and oxygen atoms in total. The quantitative estimate of drug-likeness (QED) is 0.522. The van der Waals surface area contributed by atoms with E-state index in [1.165, 1.54) is 0 Å². The van der Waals surface area contributed by atoms with E-state index in [1.807, 2.05) is 12.1 Å². The van der Waals surface area contributed by atoms with Crippen LogP contribution in [0.3, 0.4) is 0 Å². The van der Waals surface area contributed by atoms with Gasteiger partial charge in [-0.1, -0.05) is 60.7 Å². The minimum Gasteiger partial charge on any atom is -0.311 e. The summed E-state index contributed by atoms with van der Waals surface area (Å²) in [4.78, 5) is 0. The molecule has 2 aromatic rings. The first kappa shape index (κ1) is 18.8. The maximum atomic E-state index is 12.4. The van der Waals surface area contributed by atoms with Crippen molar-refractivity contribution in [2.24, 2.45) is 0 Å². The maximum absolute atomic E-state index is 12.4. The molecular weight excluding hydrogens is 351 g/mol. The molecule has 0 saturated heterocycles. The second-order valence-corrected chi connectivity index (χ2v) is 9.25. The lowest BCUT2D eigenvalue weighted by Gasteiger charge is -2.20. The van der Waals surface area contributed by atoms with Gasteiger partial charge >= 0.3 is 7.60 Å². The van der Waals surface area contributed by atoms with Gasteiger partial charge in [0.25, 0.3) is 10.1 Å². The summed E-state index contributed by atoms with van der Waals surface area (Å²) in [5.41, 5.74) is 0.470. The monoisotopic (exact) mass is 370 g/mol.